The van der Waals surface area contributed by atoms with Gasteiger partial charge in [-0.1, -0.05) is 12.1 Å². The summed E-state index contributed by atoms with van der Waals surface area (Å²) in [6.45, 7) is 5.04. The molecule has 0 spiro atoms. The van der Waals surface area contributed by atoms with Gasteiger partial charge in [-0.2, -0.15) is 4.31 Å². The van der Waals surface area contributed by atoms with Crippen molar-refractivity contribution in [3.8, 4) is 0 Å². The Kier molecular flexibility index (Phi) is 6.78. The predicted octanol–water partition coefficient (Wildman–Crippen LogP) is 2.94. The van der Waals surface area contributed by atoms with Crippen LogP contribution in [0.2, 0.25) is 0 Å². The van der Waals surface area contributed by atoms with Crippen LogP contribution in [0.3, 0.4) is 0 Å². The second-order valence-corrected chi connectivity index (χ2v) is 11.1. The Bertz CT molecular complexity index is 1340. The normalized spacial score (nSPS) is 14.5. The van der Waals surface area contributed by atoms with Crippen LogP contribution in [0.15, 0.2) is 51.6 Å². The highest BCUT2D eigenvalue weighted by Gasteiger charge is 2.27. The molecule has 1 amide bonds. The van der Waals surface area contributed by atoms with E-state index in [0.29, 0.717) is 23.8 Å². The van der Waals surface area contributed by atoms with Crippen molar-refractivity contribution < 1.29 is 13.2 Å². The lowest BCUT2D eigenvalue weighted by atomic mass is 10.1. The number of carbonyl (C=O) groups is 1. The first-order valence-corrected chi connectivity index (χ1v) is 13.1. The molecule has 33 heavy (non-hydrogen) atoms. The molecule has 1 aromatic carbocycles. The van der Waals surface area contributed by atoms with Crippen molar-refractivity contribution in [2.45, 2.75) is 44.6 Å². The van der Waals surface area contributed by atoms with Crippen molar-refractivity contribution in [1.29, 1.82) is 0 Å². The summed E-state index contributed by atoms with van der Waals surface area (Å²) in [4.78, 5) is 29.4. The average Bonchev–Trinajstić information content (AvgIpc) is 3.45. The molecule has 1 fully saturated rings. The topological polar surface area (TPSA) is 101 Å². The Morgan fingerprint density at radius 2 is 1.91 bits per heavy atom. The molecule has 3 aromatic rings. The predicted molar refractivity (Wildman–Crippen MR) is 128 cm³/mol. The molecule has 10 heteroatoms. The molecule has 2 aromatic heterocycles. The zero-order valence-corrected chi connectivity index (χ0v) is 20.2. The lowest BCUT2D eigenvalue weighted by molar-refractivity contribution is -0.115. The molecule has 0 radical (unpaired) electrons. The Morgan fingerprint density at radius 1 is 1.15 bits per heavy atom. The van der Waals surface area contributed by atoms with Crippen LogP contribution in [0.4, 0.5) is 5.69 Å². The molecule has 8 nitrogen and oxygen atoms in total. The fourth-order valence-electron chi connectivity index (χ4n) is 3.74. The summed E-state index contributed by atoms with van der Waals surface area (Å²) < 4.78 is 28.4. The second kappa shape index (κ2) is 9.58. The van der Waals surface area contributed by atoms with Crippen molar-refractivity contribution in [3.05, 3.63) is 74.1 Å². The van der Waals surface area contributed by atoms with Crippen molar-refractivity contribution in [2.75, 3.05) is 18.4 Å². The minimum atomic E-state index is -3.61. The number of nitrogens with one attached hydrogen (secondary N) is 1. The van der Waals surface area contributed by atoms with Gasteiger partial charge >= 0.3 is 0 Å². The minimum Gasteiger partial charge on any atom is -0.325 e. The van der Waals surface area contributed by atoms with Crippen LogP contribution < -0.4 is 10.9 Å². The molecule has 1 saturated heterocycles. The van der Waals surface area contributed by atoms with Crippen molar-refractivity contribution >= 4 is 33.0 Å². The first-order valence-electron chi connectivity index (χ1n) is 10.7. The van der Waals surface area contributed by atoms with Gasteiger partial charge in [0.1, 0.15) is 5.01 Å². The first-order chi connectivity index (χ1) is 15.7. The maximum absolute atomic E-state index is 12.8. The maximum Gasteiger partial charge on any atom is 0.250 e. The van der Waals surface area contributed by atoms with Gasteiger partial charge in [0.15, 0.2) is 0 Å². The van der Waals surface area contributed by atoms with Crippen LogP contribution in [0, 0.1) is 13.8 Å². The summed E-state index contributed by atoms with van der Waals surface area (Å²) in [5, 5.41) is 5.33. The standard InChI is InChI=1S/C23H26N4O4S2/c1-16-5-6-17(2)20(11-16)25-21(28)12-22-24-18(15-32-22)13-26-14-19(7-8-23(26)29)33(30,31)27-9-3-4-10-27/h5-8,11,14-15H,3-4,9-10,12-13H2,1-2H3,(H,25,28). The van der Waals surface area contributed by atoms with E-state index in [2.05, 4.69) is 10.3 Å². The van der Waals surface area contributed by atoms with Crippen LogP contribution in [0.5, 0.6) is 0 Å². The molecular formula is C23H26N4O4S2. The van der Waals surface area contributed by atoms with Gasteiger partial charge in [0.05, 0.1) is 23.6 Å². The zero-order chi connectivity index (χ0) is 23.6. The van der Waals surface area contributed by atoms with E-state index in [4.69, 9.17) is 0 Å². The number of thiazole rings is 1. The Hall–Kier alpha value is -2.82. The summed E-state index contributed by atoms with van der Waals surface area (Å²) in [6, 6.07) is 8.51. The lowest BCUT2D eigenvalue weighted by Crippen LogP contribution is -2.29. The van der Waals surface area contributed by atoms with E-state index in [1.54, 1.807) is 5.38 Å². The summed E-state index contributed by atoms with van der Waals surface area (Å²) in [6.07, 6.45) is 3.19. The fourth-order valence-corrected chi connectivity index (χ4v) is 6.06. The highest BCUT2D eigenvalue weighted by molar-refractivity contribution is 7.89. The second-order valence-electron chi connectivity index (χ2n) is 8.22. The van der Waals surface area contributed by atoms with Crippen molar-refractivity contribution in [1.82, 2.24) is 13.9 Å². The summed E-state index contributed by atoms with van der Waals surface area (Å²) in [7, 11) is -3.61. The third-order valence-electron chi connectivity index (χ3n) is 5.57. The smallest absolute Gasteiger partial charge is 0.250 e. The molecule has 0 atom stereocenters. The van der Waals surface area contributed by atoms with Gasteiger partial charge in [-0.05, 0) is 49.9 Å². The molecule has 4 rings (SSSR count). The Labute approximate surface area is 197 Å². The number of rotatable bonds is 7. The monoisotopic (exact) mass is 486 g/mol. The van der Waals surface area contributed by atoms with Crippen LogP contribution >= 0.6 is 11.3 Å². The van der Waals surface area contributed by atoms with E-state index in [1.807, 2.05) is 32.0 Å². The summed E-state index contributed by atoms with van der Waals surface area (Å²) in [5.74, 6) is -0.166. The van der Waals surface area contributed by atoms with Gasteiger partial charge in [-0.15, -0.1) is 11.3 Å². The molecule has 1 aliphatic heterocycles. The Balaban J connectivity index is 1.45. The fraction of sp³-hybridized carbons (Fsp3) is 0.348. The molecule has 1 N–H and O–H groups in total. The summed E-state index contributed by atoms with van der Waals surface area (Å²) >= 11 is 1.34. The van der Waals surface area contributed by atoms with Gasteiger partial charge in [0, 0.05) is 36.4 Å². The van der Waals surface area contributed by atoms with E-state index >= 15 is 0 Å². The van der Waals surface area contributed by atoms with Gasteiger partial charge in [-0.25, -0.2) is 13.4 Å². The number of pyridine rings is 1. The van der Waals surface area contributed by atoms with Crippen LogP contribution in [0.1, 0.15) is 34.7 Å². The SMILES string of the molecule is Cc1ccc(C)c(NC(=O)Cc2nc(Cn3cc(S(=O)(=O)N4CCCC4)ccc3=O)cs2)c1. The van der Waals surface area contributed by atoms with Crippen molar-refractivity contribution in [3.63, 3.8) is 0 Å². The minimum absolute atomic E-state index is 0.104. The number of sulfonamides is 1. The average molecular weight is 487 g/mol. The molecular weight excluding hydrogens is 460 g/mol. The molecule has 174 valence electrons. The first kappa shape index (κ1) is 23.3. The molecule has 0 bridgehead atoms. The molecule has 1 aliphatic rings. The summed E-state index contributed by atoms with van der Waals surface area (Å²) in [5.41, 5.74) is 3.12. The number of amides is 1. The number of aryl methyl sites for hydroxylation is 2. The number of aromatic nitrogens is 2. The highest BCUT2D eigenvalue weighted by Crippen LogP contribution is 2.21. The largest absolute Gasteiger partial charge is 0.325 e. The number of benzene rings is 1. The molecule has 3 heterocycles. The van der Waals surface area contributed by atoms with Gasteiger partial charge in [-0.3, -0.25) is 9.59 Å². The van der Waals surface area contributed by atoms with Crippen LogP contribution in [-0.4, -0.2) is 41.3 Å². The number of hydrogen-bond acceptors (Lipinski definition) is 6. The quantitative estimate of drug-likeness (QED) is 0.553. The number of hydrogen-bond donors (Lipinski definition) is 1. The van der Waals surface area contributed by atoms with Crippen LogP contribution in [-0.2, 0) is 27.8 Å². The third kappa shape index (κ3) is 5.40. The zero-order valence-electron chi connectivity index (χ0n) is 18.6. The molecule has 0 aliphatic carbocycles. The van der Waals surface area contributed by atoms with Crippen LogP contribution in [0.25, 0.3) is 0 Å². The van der Waals surface area contributed by atoms with E-state index in [1.165, 1.54) is 38.5 Å². The number of carbonyl (C=O) groups excluding carboxylic acids is 1. The van der Waals surface area contributed by atoms with E-state index < -0.39 is 10.0 Å². The van der Waals surface area contributed by atoms with E-state index in [-0.39, 0.29) is 29.3 Å². The maximum atomic E-state index is 12.8. The lowest BCUT2D eigenvalue weighted by Gasteiger charge is -2.16. The van der Waals surface area contributed by atoms with Crippen molar-refractivity contribution in [2.24, 2.45) is 0 Å². The third-order valence-corrected chi connectivity index (χ3v) is 8.35. The highest BCUT2D eigenvalue weighted by atomic mass is 32.2. The number of nitrogens with zero attached hydrogens (tertiary/aromatic N) is 3. The number of anilines is 1. The van der Waals surface area contributed by atoms with E-state index in [9.17, 15) is 18.0 Å². The van der Waals surface area contributed by atoms with Gasteiger partial charge in [0.2, 0.25) is 15.9 Å². The van der Waals surface area contributed by atoms with Gasteiger partial charge in [0.25, 0.3) is 5.56 Å². The molecule has 0 saturated carbocycles. The van der Waals surface area contributed by atoms with E-state index in [0.717, 1.165) is 29.7 Å². The Morgan fingerprint density at radius 3 is 2.67 bits per heavy atom. The molecule has 0 unspecified atom stereocenters. The van der Waals surface area contributed by atoms with Gasteiger partial charge < -0.3 is 9.88 Å².